The van der Waals surface area contributed by atoms with E-state index in [0.29, 0.717) is 13.0 Å². The summed E-state index contributed by atoms with van der Waals surface area (Å²) in [7, 11) is 0. The highest BCUT2D eigenvalue weighted by molar-refractivity contribution is 5.94. The van der Waals surface area contributed by atoms with Crippen LogP contribution in [-0.2, 0) is 11.2 Å². The molecule has 1 aromatic carbocycles. The Labute approximate surface area is 121 Å². The van der Waals surface area contributed by atoms with E-state index in [9.17, 15) is 4.79 Å². The minimum atomic E-state index is -0.311. The molecule has 1 aliphatic rings. The molecule has 0 unspecified atom stereocenters. The van der Waals surface area contributed by atoms with Gasteiger partial charge in [-0.1, -0.05) is 18.2 Å². The average molecular weight is 270 g/mol. The van der Waals surface area contributed by atoms with Crippen LogP contribution < -0.4 is 4.90 Å². The van der Waals surface area contributed by atoms with Gasteiger partial charge in [-0.2, -0.15) is 5.26 Å². The summed E-state index contributed by atoms with van der Waals surface area (Å²) in [5.74, 6) is 0.213. The molecule has 1 aromatic rings. The van der Waals surface area contributed by atoms with Crippen LogP contribution in [0.1, 0.15) is 45.1 Å². The van der Waals surface area contributed by atoms with Gasteiger partial charge in [-0.25, -0.2) is 0 Å². The number of fused-ring (bicyclic) bond motifs is 1. The van der Waals surface area contributed by atoms with Crippen molar-refractivity contribution in [3.8, 4) is 6.07 Å². The molecule has 0 bridgehead atoms. The number of aryl methyl sites for hydroxylation is 1. The molecule has 0 radical (unpaired) electrons. The highest BCUT2D eigenvalue weighted by Gasteiger charge is 2.23. The molecule has 106 valence electrons. The highest BCUT2D eigenvalue weighted by atomic mass is 16.2. The van der Waals surface area contributed by atoms with Crippen LogP contribution in [0.3, 0.4) is 0 Å². The van der Waals surface area contributed by atoms with Gasteiger partial charge in [-0.3, -0.25) is 4.79 Å². The maximum absolute atomic E-state index is 12.3. The fourth-order valence-corrected chi connectivity index (χ4v) is 2.67. The number of nitrogens with zero attached hydrogens (tertiary/aromatic N) is 2. The average Bonchev–Trinajstić information content (AvgIpc) is 2.59. The number of para-hydroxylation sites is 1. The monoisotopic (exact) mass is 270 g/mol. The van der Waals surface area contributed by atoms with E-state index in [1.807, 2.05) is 36.9 Å². The van der Waals surface area contributed by atoms with Gasteiger partial charge in [0.05, 0.1) is 11.5 Å². The van der Waals surface area contributed by atoms with Gasteiger partial charge < -0.3 is 4.90 Å². The quantitative estimate of drug-likeness (QED) is 0.837. The van der Waals surface area contributed by atoms with Crippen LogP contribution in [0.15, 0.2) is 24.3 Å². The fraction of sp³-hybridized carbons (Fsp3) is 0.529. The first kappa shape index (κ1) is 14.6. The second-order valence-corrected chi connectivity index (χ2v) is 6.13. The van der Waals surface area contributed by atoms with Crippen LogP contribution in [-0.4, -0.2) is 12.5 Å². The molecule has 0 N–H and O–H groups in total. The lowest BCUT2D eigenvalue weighted by Crippen LogP contribution is -2.31. The van der Waals surface area contributed by atoms with Crippen LogP contribution in [0.5, 0.6) is 0 Å². The third-order valence-electron chi connectivity index (χ3n) is 3.91. The Bertz CT molecular complexity index is 528. The molecular formula is C17H22N2O. The number of carbonyl (C=O) groups is 1. The number of carbonyl (C=O) groups excluding carboxylic acids is 1. The maximum atomic E-state index is 12.3. The second-order valence-electron chi connectivity index (χ2n) is 6.13. The van der Waals surface area contributed by atoms with Crippen LogP contribution in [0.2, 0.25) is 0 Å². The lowest BCUT2D eigenvalue weighted by atomic mass is 9.90. The number of amides is 1. The van der Waals surface area contributed by atoms with Crippen LogP contribution in [0.25, 0.3) is 0 Å². The first-order valence-electron chi connectivity index (χ1n) is 7.33. The van der Waals surface area contributed by atoms with Gasteiger partial charge in [0.2, 0.25) is 5.91 Å². The molecule has 0 atom stereocenters. The van der Waals surface area contributed by atoms with Crippen molar-refractivity contribution < 1.29 is 4.79 Å². The molecule has 0 saturated heterocycles. The van der Waals surface area contributed by atoms with Gasteiger partial charge in [0.1, 0.15) is 0 Å². The van der Waals surface area contributed by atoms with E-state index < -0.39 is 0 Å². The largest absolute Gasteiger partial charge is 0.312 e. The first-order chi connectivity index (χ1) is 9.53. The molecule has 3 heteroatoms. The molecule has 1 aliphatic heterocycles. The van der Waals surface area contributed by atoms with Crippen molar-refractivity contribution in [3.05, 3.63) is 29.8 Å². The molecule has 0 saturated carbocycles. The third kappa shape index (κ3) is 3.39. The Hall–Kier alpha value is -1.82. The number of hydrogen-bond donors (Lipinski definition) is 0. The zero-order valence-corrected chi connectivity index (χ0v) is 12.4. The van der Waals surface area contributed by atoms with Gasteiger partial charge in [-0.15, -0.1) is 0 Å². The van der Waals surface area contributed by atoms with E-state index in [0.717, 1.165) is 31.4 Å². The third-order valence-corrected chi connectivity index (χ3v) is 3.91. The summed E-state index contributed by atoms with van der Waals surface area (Å²) in [6.45, 7) is 4.61. The predicted octanol–water partition coefficient (Wildman–Crippen LogP) is 3.69. The van der Waals surface area contributed by atoms with Crippen molar-refractivity contribution >= 4 is 11.6 Å². The van der Waals surface area contributed by atoms with Gasteiger partial charge >= 0.3 is 0 Å². The Kier molecular flexibility index (Phi) is 4.44. The first-order valence-corrected chi connectivity index (χ1v) is 7.33. The van der Waals surface area contributed by atoms with Crippen LogP contribution in [0.4, 0.5) is 5.69 Å². The number of anilines is 1. The summed E-state index contributed by atoms with van der Waals surface area (Å²) >= 11 is 0. The minimum Gasteiger partial charge on any atom is -0.312 e. The van der Waals surface area contributed by atoms with Crippen molar-refractivity contribution in [2.45, 2.75) is 46.0 Å². The highest BCUT2D eigenvalue weighted by Crippen LogP contribution is 2.28. The zero-order chi connectivity index (χ0) is 14.6. The van der Waals surface area contributed by atoms with E-state index in [2.05, 4.69) is 12.1 Å². The topological polar surface area (TPSA) is 44.1 Å². The molecule has 0 aliphatic carbocycles. The summed E-state index contributed by atoms with van der Waals surface area (Å²) < 4.78 is 0. The molecule has 1 amide bonds. The molecule has 0 spiro atoms. The van der Waals surface area contributed by atoms with Crippen molar-refractivity contribution in [1.29, 1.82) is 5.26 Å². The van der Waals surface area contributed by atoms with E-state index in [1.165, 1.54) is 5.56 Å². The Balaban J connectivity index is 2.09. The number of hydrogen-bond acceptors (Lipinski definition) is 2. The SMILES string of the molecule is CC(C)(C#N)CCCN1C(=O)CCCc2ccccc21. The van der Waals surface area contributed by atoms with Crippen LogP contribution >= 0.6 is 0 Å². The molecule has 20 heavy (non-hydrogen) atoms. The smallest absolute Gasteiger partial charge is 0.226 e. The molecule has 2 rings (SSSR count). The number of rotatable bonds is 4. The van der Waals surface area contributed by atoms with E-state index in [4.69, 9.17) is 5.26 Å². The molecule has 0 aromatic heterocycles. The number of nitriles is 1. The fourth-order valence-electron chi connectivity index (χ4n) is 2.67. The normalized spacial score (nSPS) is 15.4. The number of benzene rings is 1. The lowest BCUT2D eigenvalue weighted by Gasteiger charge is -2.24. The van der Waals surface area contributed by atoms with E-state index in [1.54, 1.807) is 0 Å². The van der Waals surface area contributed by atoms with E-state index >= 15 is 0 Å². The summed E-state index contributed by atoms with van der Waals surface area (Å²) in [5.41, 5.74) is 2.01. The van der Waals surface area contributed by atoms with Crippen molar-refractivity contribution in [3.63, 3.8) is 0 Å². The van der Waals surface area contributed by atoms with Crippen molar-refractivity contribution in [1.82, 2.24) is 0 Å². The van der Waals surface area contributed by atoms with Crippen molar-refractivity contribution in [2.75, 3.05) is 11.4 Å². The molecule has 1 heterocycles. The Morgan fingerprint density at radius 2 is 2.05 bits per heavy atom. The second kappa shape index (κ2) is 6.09. The lowest BCUT2D eigenvalue weighted by molar-refractivity contribution is -0.118. The summed E-state index contributed by atoms with van der Waals surface area (Å²) in [6.07, 6.45) is 4.20. The van der Waals surface area contributed by atoms with Crippen LogP contribution in [0, 0.1) is 16.7 Å². The Morgan fingerprint density at radius 1 is 1.30 bits per heavy atom. The standard InChI is InChI=1S/C17H22N2O/c1-17(2,13-18)11-6-12-19-15-9-4-3-7-14(15)8-5-10-16(19)20/h3-4,7,9H,5-6,8,10-12H2,1-2H3. The van der Waals surface area contributed by atoms with Gasteiger partial charge in [0, 0.05) is 18.7 Å². The Morgan fingerprint density at radius 3 is 2.80 bits per heavy atom. The van der Waals surface area contributed by atoms with Gasteiger partial charge in [0.25, 0.3) is 0 Å². The maximum Gasteiger partial charge on any atom is 0.226 e. The zero-order valence-electron chi connectivity index (χ0n) is 12.4. The predicted molar refractivity (Wildman–Crippen MR) is 80.4 cm³/mol. The summed E-state index contributed by atoms with van der Waals surface area (Å²) in [6, 6.07) is 10.5. The summed E-state index contributed by atoms with van der Waals surface area (Å²) in [5, 5.41) is 9.06. The van der Waals surface area contributed by atoms with Crippen molar-refractivity contribution in [2.24, 2.45) is 5.41 Å². The van der Waals surface area contributed by atoms with E-state index in [-0.39, 0.29) is 11.3 Å². The molecule has 0 fully saturated rings. The summed E-state index contributed by atoms with van der Waals surface area (Å²) in [4.78, 5) is 14.2. The van der Waals surface area contributed by atoms with Gasteiger partial charge in [0.15, 0.2) is 0 Å². The molecule has 3 nitrogen and oxygen atoms in total. The van der Waals surface area contributed by atoms with Gasteiger partial charge in [-0.05, 0) is 51.2 Å². The minimum absolute atomic E-state index is 0.213. The molecular weight excluding hydrogens is 248 g/mol.